The number of amides is 2. The average Bonchev–Trinajstić information content (AvgIpc) is 3.28. The van der Waals surface area contributed by atoms with Gasteiger partial charge in [-0.15, -0.1) is 23.7 Å². The van der Waals surface area contributed by atoms with E-state index in [4.69, 9.17) is 0 Å². The first kappa shape index (κ1) is 23.1. The van der Waals surface area contributed by atoms with Gasteiger partial charge in [-0.25, -0.2) is 4.98 Å². The first-order chi connectivity index (χ1) is 12.8. The third-order valence-electron chi connectivity index (χ3n) is 5.38. The Labute approximate surface area is 178 Å². The van der Waals surface area contributed by atoms with Crippen molar-refractivity contribution in [1.82, 2.24) is 20.5 Å². The van der Waals surface area contributed by atoms with Crippen LogP contribution in [0.4, 0.5) is 0 Å². The van der Waals surface area contributed by atoms with Gasteiger partial charge in [-0.1, -0.05) is 20.8 Å². The van der Waals surface area contributed by atoms with E-state index in [9.17, 15) is 9.59 Å². The molecule has 1 aromatic heterocycles. The molecule has 2 N–H and O–H groups in total. The lowest BCUT2D eigenvalue weighted by Crippen LogP contribution is -2.46. The van der Waals surface area contributed by atoms with Gasteiger partial charge in [-0.05, 0) is 45.1 Å². The second kappa shape index (κ2) is 9.55. The van der Waals surface area contributed by atoms with E-state index in [-0.39, 0.29) is 35.7 Å². The summed E-state index contributed by atoms with van der Waals surface area (Å²) in [7, 11) is 0. The van der Waals surface area contributed by atoms with Gasteiger partial charge in [-0.2, -0.15) is 0 Å². The number of likely N-dealkylation sites (tertiary alicyclic amines) is 1. The van der Waals surface area contributed by atoms with Gasteiger partial charge in [0.15, 0.2) is 0 Å². The Kier molecular flexibility index (Phi) is 7.88. The third-order valence-corrected chi connectivity index (χ3v) is 6.95. The highest BCUT2D eigenvalue weighted by atomic mass is 35.5. The lowest BCUT2D eigenvalue weighted by molar-refractivity contribution is -0.123. The lowest BCUT2D eigenvalue weighted by Gasteiger charge is -2.33. The van der Waals surface area contributed by atoms with Crippen molar-refractivity contribution in [2.75, 3.05) is 26.2 Å². The minimum Gasteiger partial charge on any atom is -0.354 e. The summed E-state index contributed by atoms with van der Waals surface area (Å²) in [5.41, 5.74) is 0.786. The molecule has 28 heavy (non-hydrogen) atoms. The van der Waals surface area contributed by atoms with E-state index in [2.05, 4.69) is 36.4 Å². The number of nitrogens with zero attached hydrogens (tertiary/aromatic N) is 2. The molecule has 0 bridgehead atoms. The number of carbonyl (C=O) groups is 2. The summed E-state index contributed by atoms with van der Waals surface area (Å²) >= 11 is 1.52. The number of thiazole rings is 1. The normalized spacial score (nSPS) is 22.6. The maximum Gasteiger partial charge on any atom is 0.265 e. The van der Waals surface area contributed by atoms with Crippen LogP contribution in [-0.4, -0.2) is 53.9 Å². The van der Waals surface area contributed by atoms with Crippen LogP contribution in [-0.2, 0) is 10.2 Å². The van der Waals surface area contributed by atoms with Crippen molar-refractivity contribution < 1.29 is 9.59 Å². The van der Waals surface area contributed by atoms with Gasteiger partial charge in [-0.3, -0.25) is 9.59 Å². The summed E-state index contributed by atoms with van der Waals surface area (Å²) in [4.78, 5) is 32.6. The molecule has 0 aromatic carbocycles. The molecule has 2 unspecified atom stereocenters. The molecule has 3 rings (SSSR count). The Bertz CT molecular complexity index is 695. The maximum absolute atomic E-state index is 13.1. The summed E-state index contributed by atoms with van der Waals surface area (Å²) in [5, 5.41) is 7.32. The maximum atomic E-state index is 13.1. The topological polar surface area (TPSA) is 74.3 Å². The molecule has 6 nitrogen and oxygen atoms in total. The van der Waals surface area contributed by atoms with Crippen molar-refractivity contribution in [2.45, 2.75) is 64.8 Å². The van der Waals surface area contributed by atoms with Crippen LogP contribution in [0.15, 0.2) is 0 Å². The zero-order valence-electron chi connectivity index (χ0n) is 17.3. The Morgan fingerprint density at radius 3 is 2.64 bits per heavy atom. The van der Waals surface area contributed by atoms with E-state index in [1.807, 2.05) is 11.8 Å². The summed E-state index contributed by atoms with van der Waals surface area (Å²) in [6.07, 6.45) is 4.02. The number of rotatable bonds is 4. The van der Waals surface area contributed by atoms with Gasteiger partial charge in [0.25, 0.3) is 5.91 Å². The predicted octanol–water partition coefficient (Wildman–Crippen LogP) is 2.89. The molecule has 2 saturated heterocycles. The molecule has 158 valence electrons. The van der Waals surface area contributed by atoms with Crippen molar-refractivity contribution in [3.63, 3.8) is 0 Å². The number of carbonyl (C=O) groups excluding carboxylic acids is 2. The van der Waals surface area contributed by atoms with E-state index in [1.165, 1.54) is 11.3 Å². The summed E-state index contributed by atoms with van der Waals surface area (Å²) in [6, 6.07) is -0.0398. The first-order valence-electron chi connectivity index (χ1n) is 10.0. The van der Waals surface area contributed by atoms with Crippen LogP contribution in [0.2, 0.25) is 0 Å². The SMILES string of the molecule is Cc1nc(C(C)(C)C)sc1C(=O)N1CCCC(CNC(=O)C2CCCN2)C1.Cl. The standard InChI is InChI=1S/C20H32N4O2S.ClH/c1-13-16(27-19(23-13)20(2,3)4)18(26)24-10-6-7-14(12-24)11-22-17(25)15-8-5-9-21-15;/h14-15,21H,5-12H2,1-4H3,(H,22,25);1H. The van der Waals surface area contributed by atoms with Crippen molar-refractivity contribution in [1.29, 1.82) is 0 Å². The van der Waals surface area contributed by atoms with Gasteiger partial charge in [0.2, 0.25) is 5.91 Å². The monoisotopic (exact) mass is 428 g/mol. The molecule has 3 heterocycles. The highest BCUT2D eigenvalue weighted by Gasteiger charge is 2.30. The largest absolute Gasteiger partial charge is 0.354 e. The zero-order valence-corrected chi connectivity index (χ0v) is 19.0. The minimum atomic E-state index is -0.0447. The highest BCUT2D eigenvalue weighted by molar-refractivity contribution is 7.14. The average molecular weight is 429 g/mol. The summed E-state index contributed by atoms with van der Waals surface area (Å²) in [5.74, 6) is 0.515. The minimum absolute atomic E-state index is 0. The second-order valence-electron chi connectivity index (χ2n) is 8.84. The van der Waals surface area contributed by atoms with Gasteiger partial charge in [0, 0.05) is 25.0 Å². The molecule has 0 aliphatic carbocycles. The van der Waals surface area contributed by atoms with Crippen LogP contribution < -0.4 is 10.6 Å². The molecule has 0 saturated carbocycles. The number of nitrogens with one attached hydrogen (secondary N) is 2. The van der Waals surface area contributed by atoms with E-state index in [1.54, 1.807) is 0 Å². The Hall–Kier alpha value is -1.18. The van der Waals surface area contributed by atoms with Crippen molar-refractivity contribution in [2.24, 2.45) is 5.92 Å². The first-order valence-corrected chi connectivity index (χ1v) is 10.9. The molecule has 0 spiro atoms. The zero-order chi connectivity index (χ0) is 19.6. The smallest absolute Gasteiger partial charge is 0.265 e. The van der Waals surface area contributed by atoms with Crippen LogP contribution in [0.25, 0.3) is 0 Å². The summed E-state index contributed by atoms with van der Waals surface area (Å²) in [6.45, 7) is 11.4. The van der Waals surface area contributed by atoms with E-state index >= 15 is 0 Å². The Morgan fingerprint density at radius 2 is 2.04 bits per heavy atom. The number of hydrogen-bond donors (Lipinski definition) is 2. The second-order valence-corrected chi connectivity index (χ2v) is 9.84. The number of hydrogen-bond acceptors (Lipinski definition) is 5. The Morgan fingerprint density at radius 1 is 1.29 bits per heavy atom. The molecule has 1 aromatic rings. The molecular weight excluding hydrogens is 396 g/mol. The fraction of sp³-hybridized carbons (Fsp3) is 0.750. The number of aromatic nitrogens is 1. The van der Waals surface area contributed by atoms with Gasteiger partial charge in [0.05, 0.1) is 16.7 Å². The molecular formula is C20H33ClN4O2S. The van der Waals surface area contributed by atoms with E-state index in [0.29, 0.717) is 19.0 Å². The van der Waals surface area contributed by atoms with Crippen molar-refractivity contribution in [3.05, 3.63) is 15.6 Å². The van der Waals surface area contributed by atoms with Crippen molar-refractivity contribution >= 4 is 35.6 Å². The van der Waals surface area contributed by atoms with Gasteiger partial charge >= 0.3 is 0 Å². The number of halogens is 1. The highest BCUT2D eigenvalue weighted by Crippen LogP contribution is 2.30. The van der Waals surface area contributed by atoms with E-state index in [0.717, 1.165) is 54.4 Å². The van der Waals surface area contributed by atoms with Crippen molar-refractivity contribution in [3.8, 4) is 0 Å². The fourth-order valence-electron chi connectivity index (χ4n) is 3.75. The predicted molar refractivity (Wildman–Crippen MR) is 115 cm³/mol. The molecule has 2 fully saturated rings. The number of aryl methyl sites for hydroxylation is 1. The molecule has 2 amide bonds. The van der Waals surface area contributed by atoms with Crippen LogP contribution in [0.5, 0.6) is 0 Å². The lowest BCUT2D eigenvalue weighted by atomic mass is 9.97. The van der Waals surface area contributed by atoms with Crippen LogP contribution >= 0.6 is 23.7 Å². The third kappa shape index (κ3) is 5.45. The van der Waals surface area contributed by atoms with Crippen LogP contribution in [0.1, 0.15) is 66.8 Å². The van der Waals surface area contributed by atoms with Gasteiger partial charge in [0.1, 0.15) is 4.88 Å². The molecule has 8 heteroatoms. The fourth-order valence-corrected chi connectivity index (χ4v) is 4.84. The number of piperidine rings is 1. The Balaban J connectivity index is 0.00000280. The van der Waals surface area contributed by atoms with E-state index < -0.39 is 0 Å². The van der Waals surface area contributed by atoms with Gasteiger partial charge < -0.3 is 15.5 Å². The van der Waals surface area contributed by atoms with Crippen LogP contribution in [0, 0.1) is 12.8 Å². The molecule has 2 aliphatic rings. The molecule has 2 atom stereocenters. The van der Waals surface area contributed by atoms with Crippen LogP contribution in [0.3, 0.4) is 0 Å². The quantitative estimate of drug-likeness (QED) is 0.773. The molecule has 2 aliphatic heterocycles. The summed E-state index contributed by atoms with van der Waals surface area (Å²) < 4.78 is 0. The molecule has 0 radical (unpaired) electrons.